The number of carboxylic acids is 1. The number of rotatable bonds is 7. The predicted octanol–water partition coefficient (Wildman–Crippen LogP) is 2.90. The molecule has 0 fully saturated rings. The number of carbonyl (C=O) groups is 2. The van der Waals surface area contributed by atoms with Crippen molar-refractivity contribution in [3.63, 3.8) is 0 Å². The molecule has 0 saturated heterocycles. The van der Waals surface area contributed by atoms with Crippen molar-refractivity contribution in [1.29, 1.82) is 0 Å². The highest BCUT2D eigenvalue weighted by Crippen LogP contribution is 2.15. The normalized spacial score (nSPS) is 11.3. The van der Waals surface area contributed by atoms with Gasteiger partial charge >= 0.3 is 0 Å². The summed E-state index contributed by atoms with van der Waals surface area (Å²) in [5, 5.41) is 14.2. The molecule has 0 heterocycles. The van der Waals surface area contributed by atoms with Gasteiger partial charge in [0.1, 0.15) is 5.75 Å². The zero-order chi connectivity index (χ0) is 19.1. The van der Waals surface area contributed by atoms with Crippen LogP contribution in [-0.2, 0) is 4.79 Å². The third kappa shape index (κ3) is 5.93. The summed E-state index contributed by atoms with van der Waals surface area (Å²) < 4.78 is 5.55. The predicted molar refractivity (Wildman–Crippen MR) is 98.7 cm³/mol. The number of benzene rings is 2. The van der Waals surface area contributed by atoms with Crippen LogP contribution in [0.25, 0.3) is 6.08 Å². The molecular formula is C20H19ClNO4-. The third-order valence-corrected chi connectivity index (χ3v) is 3.60. The Bertz CT molecular complexity index is 796. The summed E-state index contributed by atoms with van der Waals surface area (Å²) in [6.07, 6.45) is 1.31. The number of nitrogens with one attached hydrogen (secondary N) is 1. The molecule has 0 aliphatic heterocycles. The maximum absolute atomic E-state index is 12.3. The van der Waals surface area contributed by atoms with Gasteiger partial charge < -0.3 is 20.0 Å². The number of hydrogen-bond donors (Lipinski definition) is 1. The molecule has 0 unspecified atom stereocenters. The first-order valence-corrected chi connectivity index (χ1v) is 8.46. The molecule has 5 nitrogen and oxygen atoms in total. The highest BCUT2D eigenvalue weighted by atomic mass is 35.5. The molecule has 1 N–H and O–H groups in total. The van der Waals surface area contributed by atoms with Crippen LogP contribution in [0.1, 0.15) is 29.8 Å². The second kappa shape index (κ2) is 9.06. The first-order valence-electron chi connectivity index (χ1n) is 8.08. The number of carboxylic acid groups (broad SMARTS) is 1. The van der Waals surface area contributed by atoms with Crippen LogP contribution in [0.2, 0.25) is 5.02 Å². The summed E-state index contributed by atoms with van der Waals surface area (Å²) in [5.74, 6) is -0.997. The van der Waals surface area contributed by atoms with E-state index in [1.807, 2.05) is 13.8 Å². The molecule has 2 aromatic rings. The van der Waals surface area contributed by atoms with Gasteiger partial charge in [-0.1, -0.05) is 37.6 Å². The van der Waals surface area contributed by atoms with Gasteiger partial charge in [-0.05, 0) is 54.0 Å². The average molecular weight is 373 g/mol. The van der Waals surface area contributed by atoms with Gasteiger partial charge in [-0.25, -0.2) is 0 Å². The summed E-state index contributed by atoms with van der Waals surface area (Å²) >= 11 is 5.80. The van der Waals surface area contributed by atoms with E-state index in [9.17, 15) is 14.7 Å². The Balaban J connectivity index is 2.10. The Morgan fingerprint density at radius 1 is 1.12 bits per heavy atom. The smallest absolute Gasteiger partial charge is 0.255 e. The Morgan fingerprint density at radius 2 is 1.73 bits per heavy atom. The van der Waals surface area contributed by atoms with Crippen molar-refractivity contribution >= 4 is 29.6 Å². The first kappa shape index (κ1) is 19.5. The number of amides is 1. The maximum Gasteiger partial charge on any atom is 0.255 e. The van der Waals surface area contributed by atoms with Crippen LogP contribution in [-0.4, -0.2) is 18.5 Å². The molecule has 26 heavy (non-hydrogen) atoms. The highest BCUT2D eigenvalue weighted by Gasteiger charge is 2.09. The molecule has 0 aliphatic carbocycles. The van der Waals surface area contributed by atoms with Gasteiger partial charge in [0.25, 0.3) is 5.91 Å². The van der Waals surface area contributed by atoms with E-state index in [0.29, 0.717) is 34.4 Å². The van der Waals surface area contributed by atoms with E-state index in [0.717, 1.165) is 0 Å². The fourth-order valence-corrected chi connectivity index (χ4v) is 2.16. The maximum atomic E-state index is 12.3. The van der Waals surface area contributed by atoms with E-state index < -0.39 is 11.9 Å². The Kier molecular flexibility index (Phi) is 6.81. The van der Waals surface area contributed by atoms with Gasteiger partial charge in [0.05, 0.1) is 18.3 Å². The molecule has 0 radical (unpaired) electrons. The summed E-state index contributed by atoms with van der Waals surface area (Å²) in [6, 6.07) is 13.0. The van der Waals surface area contributed by atoms with Crippen molar-refractivity contribution in [3.05, 3.63) is 70.4 Å². The van der Waals surface area contributed by atoms with Crippen LogP contribution in [0.15, 0.2) is 54.2 Å². The van der Waals surface area contributed by atoms with Crippen molar-refractivity contribution in [3.8, 4) is 5.75 Å². The minimum Gasteiger partial charge on any atom is -0.543 e. The van der Waals surface area contributed by atoms with Gasteiger partial charge in [0.2, 0.25) is 0 Å². The van der Waals surface area contributed by atoms with Gasteiger partial charge in [-0.2, -0.15) is 0 Å². The molecule has 0 spiro atoms. The average Bonchev–Trinajstić information content (AvgIpc) is 2.61. The topological polar surface area (TPSA) is 78.5 Å². The molecule has 0 saturated carbocycles. The van der Waals surface area contributed by atoms with Gasteiger partial charge in [0, 0.05) is 10.6 Å². The number of carbonyl (C=O) groups excluding carboxylic acids is 2. The van der Waals surface area contributed by atoms with Crippen LogP contribution in [0.3, 0.4) is 0 Å². The Labute approximate surface area is 157 Å². The van der Waals surface area contributed by atoms with Crippen molar-refractivity contribution in [2.75, 3.05) is 6.61 Å². The fraction of sp³-hybridized carbons (Fsp3) is 0.200. The molecule has 2 rings (SSSR count). The quantitative estimate of drug-likeness (QED) is 0.758. The van der Waals surface area contributed by atoms with Crippen molar-refractivity contribution in [1.82, 2.24) is 5.32 Å². The van der Waals surface area contributed by atoms with Crippen LogP contribution in [0, 0.1) is 5.92 Å². The number of ether oxygens (including phenoxy) is 1. The number of hydrogen-bond acceptors (Lipinski definition) is 4. The van der Waals surface area contributed by atoms with Crippen LogP contribution in [0.4, 0.5) is 0 Å². The van der Waals surface area contributed by atoms with E-state index in [-0.39, 0.29) is 5.70 Å². The van der Waals surface area contributed by atoms with Crippen molar-refractivity contribution < 1.29 is 19.4 Å². The molecule has 6 heteroatoms. The van der Waals surface area contributed by atoms with E-state index >= 15 is 0 Å². The minimum absolute atomic E-state index is 0.310. The largest absolute Gasteiger partial charge is 0.543 e. The second-order valence-electron chi connectivity index (χ2n) is 6.08. The van der Waals surface area contributed by atoms with Crippen molar-refractivity contribution in [2.45, 2.75) is 13.8 Å². The lowest BCUT2D eigenvalue weighted by Gasteiger charge is -2.12. The number of aliphatic carboxylic acids is 1. The van der Waals surface area contributed by atoms with Crippen LogP contribution < -0.4 is 15.2 Å². The van der Waals surface area contributed by atoms with Gasteiger partial charge in [-0.15, -0.1) is 0 Å². The lowest BCUT2D eigenvalue weighted by molar-refractivity contribution is -0.299. The molecule has 1 amide bonds. The molecule has 0 atom stereocenters. The molecule has 0 bridgehead atoms. The monoisotopic (exact) mass is 372 g/mol. The highest BCUT2D eigenvalue weighted by molar-refractivity contribution is 6.30. The standard InChI is InChI=1S/C20H20ClNO4/c1-13(2)12-26-17-9-5-15(6-10-17)19(23)22-18(20(24)25)11-14-3-7-16(21)8-4-14/h3-11,13H,12H2,1-2H3,(H,22,23)(H,24,25)/p-1/b18-11-. The fourth-order valence-electron chi connectivity index (χ4n) is 2.03. The summed E-state index contributed by atoms with van der Waals surface area (Å²) in [5.41, 5.74) is 0.550. The van der Waals surface area contributed by atoms with Crippen LogP contribution in [0.5, 0.6) is 5.75 Å². The molecule has 0 aromatic heterocycles. The summed E-state index contributed by atoms with van der Waals surface area (Å²) in [4.78, 5) is 23.6. The van der Waals surface area contributed by atoms with E-state index in [1.165, 1.54) is 6.08 Å². The van der Waals surface area contributed by atoms with Crippen LogP contribution >= 0.6 is 11.6 Å². The van der Waals surface area contributed by atoms with Gasteiger partial charge in [-0.3, -0.25) is 4.79 Å². The molecular weight excluding hydrogens is 354 g/mol. The zero-order valence-corrected chi connectivity index (χ0v) is 15.2. The Morgan fingerprint density at radius 3 is 2.27 bits per heavy atom. The lowest BCUT2D eigenvalue weighted by atomic mass is 10.1. The first-order chi connectivity index (χ1) is 12.3. The second-order valence-corrected chi connectivity index (χ2v) is 6.52. The van der Waals surface area contributed by atoms with E-state index in [1.54, 1.807) is 48.5 Å². The van der Waals surface area contributed by atoms with Gasteiger partial charge in [0.15, 0.2) is 0 Å². The number of halogens is 1. The molecule has 2 aromatic carbocycles. The third-order valence-electron chi connectivity index (χ3n) is 3.35. The molecule has 136 valence electrons. The summed E-state index contributed by atoms with van der Waals surface area (Å²) in [7, 11) is 0. The minimum atomic E-state index is -1.48. The molecule has 0 aliphatic rings. The van der Waals surface area contributed by atoms with Crippen molar-refractivity contribution in [2.24, 2.45) is 5.92 Å². The van der Waals surface area contributed by atoms with E-state index in [4.69, 9.17) is 16.3 Å². The SMILES string of the molecule is CC(C)COc1ccc(C(=O)N/C(=C\c2ccc(Cl)cc2)C(=O)[O-])cc1. The lowest BCUT2D eigenvalue weighted by Crippen LogP contribution is -2.35. The zero-order valence-electron chi connectivity index (χ0n) is 14.5. The Hall–Kier alpha value is -2.79. The van der Waals surface area contributed by atoms with E-state index in [2.05, 4.69) is 5.32 Å². The summed E-state index contributed by atoms with van der Waals surface area (Å²) in [6.45, 7) is 4.65.